The second kappa shape index (κ2) is 7.06. The number of benzene rings is 1. The van der Waals surface area contributed by atoms with E-state index >= 15 is 0 Å². The largest absolute Gasteiger partial charge is 0.382 e. The lowest BCUT2D eigenvalue weighted by molar-refractivity contribution is 0.0771. The van der Waals surface area contributed by atoms with E-state index in [4.69, 9.17) is 4.74 Å². The Morgan fingerprint density at radius 3 is 2.63 bits per heavy atom. The minimum atomic E-state index is 0.357. The molecule has 1 aliphatic rings. The number of rotatable bonds is 5. The standard InChI is InChI=1S/C17H27NO/c1-13(19-3)11-16-12-15(9-10-17(16)18-2)14-7-5-4-6-8-14/h4-8,13,15-18H,9-12H2,1-3H3. The third-order valence-corrected chi connectivity index (χ3v) is 4.66. The Bertz CT molecular complexity index is 365. The molecule has 1 aromatic carbocycles. The highest BCUT2D eigenvalue weighted by Crippen LogP contribution is 2.38. The molecule has 0 spiro atoms. The molecular formula is C17H27NO. The average molecular weight is 261 g/mol. The Hall–Kier alpha value is -0.860. The summed E-state index contributed by atoms with van der Waals surface area (Å²) in [5.74, 6) is 1.44. The monoisotopic (exact) mass is 261 g/mol. The molecule has 2 rings (SSSR count). The average Bonchev–Trinajstić information content (AvgIpc) is 2.48. The van der Waals surface area contributed by atoms with Crippen molar-refractivity contribution >= 4 is 0 Å². The molecule has 0 heterocycles. The zero-order valence-electron chi connectivity index (χ0n) is 12.4. The fourth-order valence-electron chi connectivity index (χ4n) is 3.46. The van der Waals surface area contributed by atoms with Crippen molar-refractivity contribution in [2.24, 2.45) is 5.92 Å². The van der Waals surface area contributed by atoms with Gasteiger partial charge in [-0.05, 0) is 57.1 Å². The highest BCUT2D eigenvalue weighted by molar-refractivity contribution is 5.20. The van der Waals surface area contributed by atoms with E-state index in [0.717, 1.165) is 18.3 Å². The molecule has 1 N–H and O–H groups in total. The van der Waals surface area contributed by atoms with Crippen molar-refractivity contribution in [3.63, 3.8) is 0 Å². The van der Waals surface area contributed by atoms with Crippen LogP contribution in [0.5, 0.6) is 0 Å². The summed E-state index contributed by atoms with van der Waals surface area (Å²) in [5.41, 5.74) is 1.51. The maximum Gasteiger partial charge on any atom is 0.0546 e. The van der Waals surface area contributed by atoms with Gasteiger partial charge in [-0.3, -0.25) is 0 Å². The number of ether oxygens (including phenoxy) is 1. The van der Waals surface area contributed by atoms with Crippen LogP contribution in [0.2, 0.25) is 0 Å². The summed E-state index contributed by atoms with van der Waals surface area (Å²) < 4.78 is 5.46. The Morgan fingerprint density at radius 1 is 1.26 bits per heavy atom. The summed E-state index contributed by atoms with van der Waals surface area (Å²) in [6.45, 7) is 2.18. The first kappa shape index (κ1) is 14.5. The van der Waals surface area contributed by atoms with Gasteiger partial charge in [0.15, 0.2) is 0 Å². The molecule has 106 valence electrons. The third kappa shape index (κ3) is 3.80. The van der Waals surface area contributed by atoms with Crippen LogP contribution < -0.4 is 5.32 Å². The zero-order valence-corrected chi connectivity index (χ0v) is 12.4. The molecule has 4 atom stereocenters. The van der Waals surface area contributed by atoms with Crippen molar-refractivity contribution in [1.82, 2.24) is 5.32 Å². The van der Waals surface area contributed by atoms with Crippen molar-refractivity contribution in [2.75, 3.05) is 14.2 Å². The van der Waals surface area contributed by atoms with Crippen molar-refractivity contribution in [1.29, 1.82) is 0 Å². The second-order valence-corrected chi connectivity index (χ2v) is 5.86. The fourth-order valence-corrected chi connectivity index (χ4v) is 3.46. The highest BCUT2D eigenvalue weighted by Gasteiger charge is 2.31. The van der Waals surface area contributed by atoms with Crippen LogP contribution in [0.1, 0.15) is 44.1 Å². The van der Waals surface area contributed by atoms with Gasteiger partial charge in [0.1, 0.15) is 0 Å². The van der Waals surface area contributed by atoms with Crippen LogP contribution in [0.25, 0.3) is 0 Å². The van der Waals surface area contributed by atoms with E-state index in [9.17, 15) is 0 Å². The van der Waals surface area contributed by atoms with Gasteiger partial charge in [-0.25, -0.2) is 0 Å². The van der Waals surface area contributed by atoms with Crippen LogP contribution >= 0.6 is 0 Å². The molecule has 19 heavy (non-hydrogen) atoms. The van der Waals surface area contributed by atoms with Crippen LogP contribution in [0, 0.1) is 5.92 Å². The Balaban J connectivity index is 2.03. The summed E-state index contributed by atoms with van der Waals surface area (Å²) >= 11 is 0. The molecule has 0 amide bonds. The van der Waals surface area contributed by atoms with Gasteiger partial charge in [0, 0.05) is 13.2 Å². The van der Waals surface area contributed by atoms with E-state index in [2.05, 4.69) is 49.6 Å². The fraction of sp³-hybridized carbons (Fsp3) is 0.647. The van der Waals surface area contributed by atoms with Crippen molar-refractivity contribution in [3.05, 3.63) is 35.9 Å². The summed E-state index contributed by atoms with van der Waals surface area (Å²) in [6.07, 6.45) is 5.37. The molecule has 2 heteroatoms. The van der Waals surface area contributed by atoms with Gasteiger partial charge in [0.2, 0.25) is 0 Å². The molecule has 4 unspecified atom stereocenters. The SMILES string of the molecule is CNC1CCC(c2ccccc2)CC1CC(C)OC. The van der Waals surface area contributed by atoms with E-state index < -0.39 is 0 Å². The van der Waals surface area contributed by atoms with Crippen molar-refractivity contribution in [2.45, 2.75) is 50.7 Å². The van der Waals surface area contributed by atoms with E-state index in [1.807, 2.05) is 7.11 Å². The van der Waals surface area contributed by atoms with E-state index in [0.29, 0.717) is 12.1 Å². The van der Waals surface area contributed by atoms with E-state index in [1.54, 1.807) is 0 Å². The molecule has 1 aliphatic carbocycles. The molecule has 0 radical (unpaired) electrons. The quantitative estimate of drug-likeness (QED) is 0.874. The smallest absolute Gasteiger partial charge is 0.0546 e. The minimum absolute atomic E-state index is 0.357. The topological polar surface area (TPSA) is 21.3 Å². The lowest BCUT2D eigenvalue weighted by Crippen LogP contribution is -2.39. The Morgan fingerprint density at radius 2 is 2.00 bits per heavy atom. The minimum Gasteiger partial charge on any atom is -0.382 e. The predicted molar refractivity (Wildman–Crippen MR) is 80.5 cm³/mol. The first-order valence-electron chi connectivity index (χ1n) is 7.49. The summed E-state index contributed by atoms with van der Waals surface area (Å²) in [4.78, 5) is 0. The van der Waals surface area contributed by atoms with Gasteiger partial charge in [0.25, 0.3) is 0 Å². The molecule has 0 aromatic heterocycles. The van der Waals surface area contributed by atoms with Crippen LogP contribution in [-0.4, -0.2) is 26.3 Å². The molecule has 1 aromatic rings. The lowest BCUT2D eigenvalue weighted by Gasteiger charge is -2.37. The van der Waals surface area contributed by atoms with Gasteiger partial charge in [-0.1, -0.05) is 30.3 Å². The van der Waals surface area contributed by atoms with Crippen LogP contribution in [0.4, 0.5) is 0 Å². The predicted octanol–water partition coefficient (Wildman–Crippen LogP) is 3.58. The summed E-state index contributed by atoms with van der Waals surface area (Å²) in [5, 5.41) is 3.50. The Kier molecular flexibility index (Phi) is 5.41. The molecule has 1 saturated carbocycles. The van der Waals surface area contributed by atoms with Gasteiger partial charge in [-0.2, -0.15) is 0 Å². The van der Waals surface area contributed by atoms with Gasteiger partial charge < -0.3 is 10.1 Å². The molecule has 2 nitrogen and oxygen atoms in total. The number of methoxy groups -OCH3 is 1. The van der Waals surface area contributed by atoms with Crippen LogP contribution in [0.15, 0.2) is 30.3 Å². The molecule has 0 aliphatic heterocycles. The van der Waals surface area contributed by atoms with E-state index in [-0.39, 0.29) is 0 Å². The summed E-state index contributed by atoms with van der Waals surface area (Å²) in [7, 11) is 3.91. The molecule has 1 fully saturated rings. The first-order chi connectivity index (χ1) is 9.24. The van der Waals surface area contributed by atoms with Gasteiger partial charge >= 0.3 is 0 Å². The highest BCUT2D eigenvalue weighted by atomic mass is 16.5. The number of hydrogen-bond donors (Lipinski definition) is 1. The summed E-state index contributed by atoms with van der Waals surface area (Å²) in [6, 6.07) is 11.6. The molecule has 0 bridgehead atoms. The van der Waals surface area contributed by atoms with Crippen LogP contribution in [-0.2, 0) is 4.74 Å². The van der Waals surface area contributed by atoms with Crippen molar-refractivity contribution < 1.29 is 4.74 Å². The van der Waals surface area contributed by atoms with E-state index in [1.165, 1.54) is 24.8 Å². The number of hydrogen-bond acceptors (Lipinski definition) is 2. The molecular weight excluding hydrogens is 234 g/mol. The third-order valence-electron chi connectivity index (χ3n) is 4.66. The Labute approximate surface area is 117 Å². The molecule has 0 saturated heterocycles. The maximum absolute atomic E-state index is 5.46. The number of nitrogens with one attached hydrogen (secondary N) is 1. The van der Waals surface area contributed by atoms with Gasteiger partial charge in [-0.15, -0.1) is 0 Å². The van der Waals surface area contributed by atoms with Gasteiger partial charge in [0.05, 0.1) is 6.10 Å². The van der Waals surface area contributed by atoms with Crippen molar-refractivity contribution in [3.8, 4) is 0 Å². The lowest BCUT2D eigenvalue weighted by atomic mass is 9.73. The first-order valence-corrected chi connectivity index (χ1v) is 7.49. The normalized spacial score (nSPS) is 29.1. The van der Waals surface area contributed by atoms with Crippen LogP contribution in [0.3, 0.4) is 0 Å². The maximum atomic E-state index is 5.46. The second-order valence-electron chi connectivity index (χ2n) is 5.86. The zero-order chi connectivity index (χ0) is 13.7.